The van der Waals surface area contributed by atoms with Crippen LogP contribution in [0, 0.1) is 6.92 Å². The van der Waals surface area contributed by atoms with E-state index in [1.807, 2.05) is 85.8 Å². The first-order valence-corrected chi connectivity index (χ1v) is 9.83. The van der Waals surface area contributed by atoms with Crippen molar-refractivity contribution in [2.75, 3.05) is 4.90 Å². The standard InChI is InChI=1S/C23H19N3OS/c1-17-21(28-22(25-17)20-14-8-9-15-24-20)23(27)26(19-12-6-3-7-13-19)16-18-10-4-2-5-11-18/h2-15H,16H2,1H3. The number of nitrogens with zero attached hydrogens (tertiary/aromatic N) is 3. The molecule has 0 aliphatic rings. The number of carbonyl (C=O) groups excluding carboxylic acids is 1. The van der Waals surface area contributed by atoms with Crippen molar-refractivity contribution < 1.29 is 4.79 Å². The van der Waals surface area contributed by atoms with Gasteiger partial charge in [-0.2, -0.15) is 0 Å². The molecule has 2 aromatic carbocycles. The number of carbonyl (C=O) groups is 1. The number of thiazole rings is 1. The van der Waals surface area contributed by atoms with Crippen molar-refractivity contribution in [3.05, 3.63) is 101 Å². The zero-order valence-electron chi connectivity index (χ0n) is 15.4. The van der Waals surface area contributed by atoms with E-state index in [1.165, 1.54) is 11.3 Å². The van der Waals surface area contributed by atoms with Gasteiger partial charge in [0.1, 0.15) is 9.88 Å². The SMILES string of the molecule is Cc1nc(-c2ccccn2)sc1C(=O)N(Cc1ccccc1)c1ccccc1. The van der Waals surface area contributed by atoms with Crippen LogP contribution in [0.15, 0.2) is 85.1 Å². The van der Waals surface area contributed by atoms with Gasteiger partial charge in [-0.25, -0.2) is 4.98 Å². The van der Waals surface area contributed by atoms with Crippen molar-refractivity contribution >= 4 is 22.9 Å². The smallest absolute Gasteiger partial charge is 0.270 e. The summed E-state index contributed by atoms with van der Waals surface area (Å²) < 4.78 is 0. The molecule has 0 spiro atoms. The number of pyridine rings is 1. The van der Waals surface area contributed by atoms with Gasteiger partial charge in [0.05, 0.1) is 17.9 Å². The normalized spacial score (nSPS) is 10.6. The Labute approximate surface area is 168 Å². The molecule has 0 aliphatic carbocycles. The van der Waals surface area contributed by atoms with Crippen LogP contribution in [0.1, 0.15) is 20.9 Å². The summed E-state index contributed by atoms with van der Waals surface area (Å²) in [6, 6.07) is 25.5. The number of aryl methyl sites for hydroxylation is 1. The lowest BCUT2D eigenvalue weighted by Gasteiger charge is -2.22. The number of para-hydroxylation sites is 1. The van der Waals surface area contributed by atoms with Crippen LogP contribution in [0.3, 0.4) is 0 Å². The molecule has 4 aromatic rings. The topological polar surface area (TPSA) is 46.1 Å². The number of benzene rings is 2. The molecule has 2 heterocycles. The van der Waals surface area contributed by atoms with Gasteiger partial charge in [-0.3, -0.25) is 9.78 Å². The van der Waals surface area contributed by atoms with E-state index in [0.717, 1.165) is 27.6 Å². The lowest BCUT2D eigenvalue weighted by atomic mass is 10.2. The van der Waals surface area contributed by atoms with Gasteiger partial charge in [0.25, 0.3) is 5.91 Å². The van der Waals surface area contributed by atoms with E-state index in [0.29, 0.717) is 11.4 Å². The molecule has 0 atom stereocenters. The quantitative estimate of drug-likeness (QED) is 0.464. The molecule has 0 N–H and O–H groups in total. The van der Waals surface area contributed by atoms with Crippen molar-refractivity contribution in [3.8, 4) is 10.7 Å². The minimum atomic E-state index is -0.0489. The summed E-state index contributed by atoms with van der Waals surface area (Å²) in [5, 5.41) is 0.758. The Morgan fingerprint density at radius 1 is 0.929 bits per heavy atom. The third-order valence-electron chi connectivity index (χ3n) is 4.37. The molecule has 0 bridgehead atoms. The van der Waals surface area contributed by atoms with Gasteiger partial charge in [0.2, 0.25) is 0 Å². The third kappa shape index (κ3) is 3.85. The van der Waals surface area contributed by atoms with E-state index in [4.69, 9.17) is 0 Å². The van der Waals surface area contributed by atoms with Crippen LogP contribution in [-0.4, -0.2) is 15.9 Å². The minimum absolute atomic E-state index is 0.0489. The zero-order valence-corrected chi connectivity index (χ0v) is 16.3. The van der Waals surface area contributed by atoms with Crippen LogP contribution in [0.4, 0.5) is 5.69 Å². The highest BCUT2D eigenvalue weighted by Crippen LogP contribution is 2.29. The maximum Gasteiger partial charge on any atom is 0.270 e. The van der Waals surface area contributed by atoms with Gasteiger partial charge in [-0.1, -0.05) is 54.6 Å². The second-order valence-corrected chi connectivity index (χ2v) is 7.36. The van der Waals surface area contributed by atoms with Gasteiger partial charge in [-0.15, -0.1) is 11.3 Å². The minimum Gasteiger partial charge on any atom is -0.303 e. The second-order valence-electron chi connectivity index (χ2n) is 6.36. The number of hydrogen-bond acceptors (Lipinski definition) is 4. The Hall–Kier alpha value is -3.31. The largest absolute Gasteiger partial charge is 0.303 e. The molecule has 0 aliphatic heterocycles. The van der Waals surface area contributed by atoms with Gasteiger partial charge in [0, 0.05) is 11.9 Å². The monoisotopic (exact) mass is 385 g/mol. The third-order valence-corrected chi connectivity index (χ3v) is 5.54. The Bertz CT molecular complexity index is 1060. The van der Waals surface area contributed by atoms with Crippen molar-refractivity contribution in [1.82, 2.24) is 9.97 Å². The van der Waals surface area contributed by atoms with E-state index >= 15 is 0 Å². The average molecular weight is 385 g/mol. The summed E-state index contributed by atoms with van der Waals surface area (Å²) in [7, 11) is 0. The number of amides is 1. The van der Waals surface area contributed by atoms with Crippen molar-refractivity contribution in [2.45, 2.75) is 13.5 Å². The summed E-state index contributed by atoms with van der Waals surface area (Å²) in [6.07, 6.45) is 1.74. The Morgan fingerprint density at radius 3 is 2.29 bits per heavy atom. The maximum atomic E-state index is 13.5. The Morgan fingerprint density at radius 2 is 1.61 bits per heavy atom. The summed E-state index contributed by atoms with van der Waals surface area (Å²) in [5.41, 5.74) is 3.45. The predicted molar refractivity (Wildman–Crippen MR) is 113 cm³/mol. The van der Waals surface area contributed by atoms with E-state index in [2.05, 4.69) is 9.97 Å². The summed E-state index contributed by atoms with van der Waals surface area (Å²) in [4.78, 5) is 24.9. The molecule has 0 radical (unpaired) electrons. The second kappa shape index (κ2) is 8.15. The molecule has 1 amide bonds. The van der Waals surface area contributed by atoms with E-state index in [1.54, 1.807) is 11.1 Å². The van der Waals surface area contributed by atoms with Crippen LogP contribution < -0.4 is 4.90 Å². The van der Waals surface area contributed by atoms with Crippen molar-refractivity contribution in [1.29, 1.82) is 0 Å². The van der Waals surface area contributed by atoms with Crippen LogP contribution in [0.25, 0.3) is 10.7 Å². The molecule has 4 rings (SSSR count). The highest BCUT2D eigenvalue weighted by molar-refractivity contribution is 7.17. The highest BCUT2D eigenvalue weighted by Gasteiger charge is 2.23. The fourth-order valence-electron chi connectivity index (χ4n) is 2.97. The van der Waals surface area contributed by atoms with E-state index in [-0.39, 0.29) is 5.91 Å². The number of rotatable bonds is 5. The Balaban J connectivity index is 1.71. The number of aromatic nitrogens is 2. The van der Waals surface area contributed by atoms with Gasteiger partial charge >= 0.3 is 0 Å². The predicted octanol–water partition coefficient (Wildman–Crippen LogP) is 5.36. The fourth-order valence-corrected chi connectivity index (χ4v) is 3.96. The first-order valence-electron chi connectivity index (χ1n) is 9.02. The van der Waals surface area contributed by atoms with Crippen LogP contribution in [0.2, 0.25) is 0 Å². The van der Waals surface area contributed by atoms with Gasteiger partial charge in [-0.05, 0) is 36.8 Å². The molecule has 0 saturated heterocycles. The molecule has 0 fully saturated rings. The van der Waals surface area contributed by atoms with Crippen LogP contribution in [0.5, 0.6) is 0 Å². The Kier molecular flexibility index (Phi) is 5.26. The lowest BCUT2D eigenvalue weighted by molar-refractivity contribution is 0.0988. The van der Waals surface area contributed by atoms with E-state index < -0.39 is 0 Å². The molecule has 5 heteroatoms. The van der Waals surface area contributed by atoms with Gasteiger partial charge < -0.3 is 4.90 Å². The first-order chi connectivity index (χ1) is 13.7. The highest BCUT2D eigenvalue weighted by atomic mass is 32.1. The zero-order chi connectivity index (χ0) is 19.3. The van der Waals surface area contributed by atoms with Crippen molar-refractivity contribution in [3.63, 3.8) is 0 Å². The molecule has 0 unspecified atom stereocenters. The molecular formula is C23H19N3OS. The molecule has 28 heavy (non-hydrogen) atoms. The first kappa shape index (κ1) is 18.1. The molecule has 4 nitrogen and oxygen atoms in total. The average Bonchev–Trinajstić information content (AvgIpc) is 3.15. The molecular weight excluding hydrogens is 366 g/mol. The fraction of sp³-hybridized carbons (Fsp3) is 0.0870. The number of anilines is 1. The molecule has 2 aromatic heterocycles. The summed E-state index contributed by atoms with van der Waals surface area (Å²) in [6.45, 7) is 2.38. The molecule has 138 valence electrons. The lowest BCUT2D eigenvalue weighted by Crippen LogP contribution is -2.30. The number of hydrogen-bond donors (Lipinski definition) is 0. The molecule has 0 saturated carbocycles. The van der Waals surface area contributed by atoms with Gasteiger partial charge in [0.15, 0.2) is 0 Å². The van der Waals surface area contributed by atoms with Crippen molar-refractivity contribution in [2.24, 2.45) is 0 Å². The maximum absolute atomic E-state index is 13.5. The summed E-state index contributed by atoms with van der Waals surface area (Å²) in [5.74, 6) is -0.0489. The van der Waals surface area contributed by atoms with Crippen LogP contribution in [-0.2, 0) is 6.54 Å². The summed E-state index contributed by atoms with van der Waals surface area (Å²) >= 11 is 1.39. The van der Waals surface area contributed by atoms with E-state index in [9.17, 15) is 4.79 Å². The van der Waals surface area contributed by atoms with Crippen LogP contribution >= 0.6 is 11.3 Å².